The Morgan fingerprint density at radius 1 is 0.723 bits per heavy atom. The van der Waals surface area contributed by atoms with E-state index in [1.807, 2.05) is 59.7 Å². The fraction of sp³-hybridized carbons (Fsp3) is 0.547. The first kappa shape index (κ1) is 74.0. The molecule has 2 aromatic carbocycles. The Kier molecular flexibility index (Phi) is 27.8. The number of nitrogens with two attached hydrogens (primary N) is 1. The summed E-state index contributed by atoms with van der Waals surface area (Å²) >= 11 is 4.52. The molecule has 29 nitrogen and oxygen atoms in total. The summed E-state index contributed by atoms with van der Waals surface area (Å²) in [6, 6.07) is 4.53. The number of amides is 12. The zero-order valence-electron chi connectivity index (χ0n) is 54.1. The van der Waals surface area contributed by atoms with Crippen LogP contribution in [0.2, 0.25) is 0 Å². The normalized spacial score (nSPS) is 16.3. The smallest absolute Gasteiger partial charge is 0.243 e. The number of phenols is 1. The number of fused-ring (bicyclic) bond motifs is 1. The maximum Gasteiger partial charge on any atom is 0.243 e. The molecule has 0 radical (unpaired) electrons. The molecule has 7 atom stereocenters. The number of carbonyl (C=O) groups is 12. The number of nitrogens with zero attached hydrogens (tertiary/aromatic N) is 2. The van der Waals surface area contributed by atoms with E-state index >= 15 is 0 Å². The molecular weight excluding hydrogens is 1230 g/mol. The van der Waals surface area contributed by atoms with E-state index in [1.165, 1.54) is 41.7 Å². The number of rotatable bonds is 37. The quantitative estimate of drug-likeness (QED) is 0.0205. The molecule has 0 bridgehead atoms. The number of aromatic hydroxyl groups is 1. The molecule has 12 amide bonds. The van der Waals surface area contributed by atoms with Gasteiger partial charge in [0.05, 0.1) is 38.2 Å². The van der Waals surface area contributed by atoms with Gasteiger partial charge in [0.2, 0.25) is 70.9 Å². The van der Waals surface area contributed by atoms with Crippen molar-refractivity contribution in [3.05, 3.63) is 84.1 Å². The van der Waals surface area contributed by atoms with Gasteiger partial charge in [0.15, 0.2) is 0 Å². The van der Waals surface area contributed by atoms with Crippen LogP contribution in [0.5, 0.6) is 5.75 Å². The first-order valence-electron chi connectivity index (χ1n) is 31.7. The molecular formula is C64H91N15O14S. The summed E-state index contributed by atoms with van der Waals surface area (Å²) in [7, 11) is 0. The number of phenolic OH excluding ortho intramolecular Hbond substituents is 1. The van der Waals surface area contributed by atoms with E-state index in [1.54, 1.807) is 12.3 Å². The van der Waals surface area contributed by atoms with Crippen molar-refractivity contribution in [2.45, 2.75) is 178 Å². The molecule has 2 aliphatic heterocycles. The number of H-pyrrole nitrogens is 2. The van der Waals surface area contributed by atoms with E-state index in [0.29, 0.717) is 49.1 Å². The fourth-order valence-corrected chi connectivity index (χ4v) is 10.8. The van der Waals surface area contributed by atoms with Crippen molar-refractivity contribution in [1.82, 2.24) is 73.0 Å². The molecule has 2 fully saturated rings. The molecule has 0 spiro atoms. The van der Waals surface area contributed by atoms with Gasteiger partial charge in [-0.1, -0.05) is 44.2 Å². The van der Waals surface area contributed by atoms with Gasteiger partial charge >= 0.3 is 0 Å². The Hall–Kier alpha value is -9.06. The number of carbonyl (C=O) groups excluding carboxylic acids is 12. The van der Waals surface area contributed by atoms with Crippen molar-refractivity contribution >= 4 is 94.4 Å². The van der Waals surface area contributed by atoms with Crippen molar-refractivity contribution in [3.8, 4) is 5.75 Å². The SMILES string of the molecule is CC(C)C[C@H](NC(=O)[C@@H](CCCCNC(=O)CCC(C)(C)OCC(C)(C)S)NC(=O)[C@H](Cc1ccc(O)cc1)NC(=O)CNC(=O)C(Cc1c[nH]c2ccccc12)NC(=O)[C@H](Cc1cnc[nH]1)NC(=O)[C@@H]1CCC(=O)N1)C(=O)NCC(=O)N1CCC[C@@H]1C(=O)NCC(N)=O. The maximum absolute atomic E-state index is 14.8. The highest BCUT2D eigenvalue weighted by Gasteiger charge is 2.37. The van der Waals surface area contributed by atoms with Crippen LogP contribution in [-0.4, -0.2) is 188 Å². The van der Waals surface area contributed by atoms with Crippen LogP contribution < -0.4 is 58.9 Å². The number of likely N-dealkylation sites (tertiary alicyclic amines) is 1. The number of ether oxygens (including phenoxy) is 1. The van der Waals surface area contributed by atoms with Gasteiger partial charge in [-0.15, -0.1) is 0 Å². The predicted molar refractivity (Wildman–Crippen MR) is 349 cm³/mol. The van der Waals surface area contributed by atoms with Gasteiger partial charge in [-0.2, -0.15) is 12.6 Å². The second-order valence-corrected chi connectivity index (χ2v) is 26.7. The predicted octanol–water partition coefficient (Wildman–Crippen LogP) is -0.232. The van der Waals surface area contributed by atoms with Crippen LogP contribution in [0.25, 0.3) is 10.9 Å². The van der Waals surface area contributed by atoms with Crippen LogP contribution in [0.4, 0.5) is 0 Å². The third-order valence-corrected chi connectivity index (χ3v) is 15.9. The summed E-state index contributed by atoms with van der Waals surface area (Å²) in [5.41, 5.74) is 6.88. The van der Waals surface area contributed by atoms with Gasteiger partial charge < -0.3 is 83.6 Å². The van der Waals surface area contributed by atoms with Crippen LogP contribution in [0, 0.1) is 5.92 Å². The van der Waals surface area contributed by atoms with E-state index in [2.05, 4.69) is 80.7 Å². The van der Waals surface area contributed by atoms with Gasteiger partial charge in [-0.3, -0.25) is 57.5 Å². The first-order chi connectivity index (χ1) is 44.5. The molecule has 4 aromatic rings. The minimum Gasteiger partial charge on any atom is -0.508 e. The summed E-state index contributed by atoms with van der Waals surface area (Å²) in [6.07, 6.45) is 6.48. The van der Waals surface area contributed by atoms with Gasteiger partial charge in [0.1, 0.15) is 48.0 Å². The fourth-order valence-electron chi connectivity index (χ4n) is 10.7. The van der Waals surface area contributed by atoms with E-state index < -0.39 is 127 Å². The number of aromatic amines is 2. The second kappa shape index (κ2) is 35.3. The first-order valence-corrected chi connectivity index (χ1v) is 32.1. The maximum atomic E-state index is 14.8. The highest BCUT2D eigenvalue weighted by Crippen LogP contribution is 2.23. The number of aromatic nitrogens is 3. The number of benzene rings is 2. The molecule has 30 heteroatoms. The summed E-state index contributed by atoms with van der Waals surface area (Å²) in [5.74, 6) is -8.25. The number of imidazole rings is 1. The Balaban J connectivity index is 1.19. The summed E-state index contributed by atoms with van der Waals surface area (Å²) in [5, 5.41) is 37.6. The number of unbranched alkanes of at least 4 members (excludes halogenated alkanes) is 1. The summed E-state index contributed by atoms with van der Waals surface area (Å²) in [4.78, 5) is 174. The van der Waals surface area contributed by atoms with Crippen molar-refractivity contribution in [2.24, 2.45) is 11.7 Å². The number of hydrogen-bond donors (Lipinski definition) is 15. The third kappa shape index (κ3) is 24.4. The molecule has 6 rings (SSSR count). The topological polar surface area (TPSA) is 428 Å². The summed E-state index contributed by atoms with van der Waals surface area (Å²) < 4.78 is 5.63. The third-order valence-electron chi connectivity index (χ3n) is 15.8. The van der Waals surface area contributed by atoms with Crippen LogP contribution >= 0.6 is 12.6 Å². The number of primary amides is 1. The number of thiol groups is 1. The van der Waals surface area contributed by atoms with Crippen molar-refractivity contribution < 1.29 is 67.4 Å². The molecule has 4 heterocycles. The lowest BCUT2D eigenvalue weighted by molar-refractivity contribution is -0.139. The molecule has 512 valence electrons. The molecule has 1 unspecified atom stereocenters. The second-order valence-electron chi connectivity index (χ2n) is 25.4. The van der Waals surface area contributed by atoms with Gasteiger partial charge in [0.25, 0.3) is 0 Å². The summed E-state index contributed by atoms with van der Waals surface area (Å²) in [6.45, 7) is 10.3. The molecule has 0 aliphatic carbocycles. The van der Waals surface area contributed by atoms with E-state index in [-0.39, 0.29) is 99.1 Å². The minimum absolute atomic E-state index is 0.0421. The Bertz CT molecular complexity index is 3300. The van der Waals surface area contributed by atoms with Gasteiger partial charge in [-0.25, -0.2) is 4.98 Å². The van der Waals surface area contributed by atoms with E-state index in [9.17, 15) is 62.6 Å². The van der Waals surface area contributed by atoms with Crippen LogP contribution in [0.15, 0.2) is 67.3 Å². The average Bonchev–Trinajstić information content (AvgIpc) is 1.73. The van der Waals surface area contributed by atoms with Crippen LogP contribution in [-0.2, 0) is 81.5 Å². The monoisotopic (exact) mass is 1330 g/mol. The van der Waals surface area contributed by atoms with Crippen molar-refractivity contribution in [3.63, 3.8) is 0 Å². The van der Waals surface area contributed by atoms with Crippen molar-refractivity contribution in [2.75, 3.05) is 39.3 Å². The number of para-hydroxylation sites is 1. The van der Waals surface area contributed by atoms with E-state index in [0.717, 1.165) is 10.9 Å². The molecule has 15 N–H and O–H groups in total. The molecule has 2 aliphatic rings. The van der Waals surface area contributed by atoms with Crippen LogP contribution in [0.3, 0.4) is 0 Å². The Labute approximate surface area is 551 Å². The lowest BCUT2D eigenvalue weighted by Crippen LogP contribution is -2.59. The van der Waals surface area contributed by atoms with E-state index in [4.69, 9.17) is 10.5 Å². The minimum atomic E-state index is -1.46. The number of hydrogen-bond acceptors (Lipinski definition) is 16. The van der Waals surface area contributed by atoms with Gasteiger partial charge in [0, 0.05) is 78.9 Å². The molecule has 2 saturated heterocycles. The lowest BCUT2D eigenvalue weighted by Gasteiger charge is -2.29. The highest BCUT2D eigenvalue weighted by atomic mass is 32.1. The molecule has 0 saturated carbocycles. The molecule has 2 aromatic heterocycles. The zero-order chi connectivity index (χ0) is 68.7. The number of nitrogens with one attached hydrogen (secondary N) is 12. The standard InChI is InChI=1S/C64H91N15O14S/c1-37(2)26-46(56(86)71-34-55(85)79-25-11-15-50(79)62(92)69-32-51(65)81)76-58(88)44(14-9-10-24-67-52(82)22-23-63(3,4)93-35-64(5,6)94)75-60(90)47(27-38-16-18-41(80)19-17-38)74-54(84)33-70-57(87)48(28-39-30-68-43-13-8-7-12-42(39)43)77-61(91)49(29-40-31-66-36-72-40)78-59(89)45-20-21-53(83)73-45/h7-8,12-13,16-19,30-31,36-37,44-50,68,80,94H,9-11,14-15,20-29,32-35H2,1-6H3,(H2,65,81)(H,66,72)(H,67,82)(H,69,92)(H,70,87)(H,71,86)(H,73,83)(H,74,84)(H,75,90)(H,76,88)(H,77,91)(H,78,89)/t44-,45+,46+,47+,48?,49+,50-/m1/s1. The van der Waals surface area contributed by atoms with Crippen LogP contribution in [0.1, 0.15) is 123 Å². The Morgan fingerprint density at radius 3 is 2.05 bits per heavy atom. The average molecular weight is 1330 g/mol. The van der Waals surface area contributed by atoms with Gasteiger partial charge in [-0.05, 0) is 114 Å². The zero-order valence-corrected chi connectivity index (χ0v) is 55.0. The Morgan fingerprint density at radius 2 is 1.38 bits per heavy atom. The molecule has 94 heavy (non-hydrogen) atoms. The largest absolute Gasteiger partial charge is 0.508 e. The van der Waals surface area contributed by atoms with Crippen molar-refractivity contribution in [1.29, 1.82) is 0 Å². The highest BCUT2D eigenvalue weighted by molar-refractivity contribution is 7.81. The lowest BCUT2D eigenvalue weighted by atomic mass is 10.0.